The molecule has 4 fully saturated rings. The van der Waals surface area contributed by atoms with Crippen LogP contribution in [0.5, 0.6) is 0 Å². The second kappa shape index (κ2) is 4.22. The standard InChI is InChI=1S/C14H23NO2/c1-2-13-10(3-5-16-13)11-8-14-12(7-9(1)11)15-4-6-17-14/h9-15H,1-8H2. The van der Waals surface area contributed by atoms with Gasteiger partial charge in [0.1, 0.15) is 0 Å². The molecule has 0 radical (unpaired) electrons. The summed E-state index contributed by atoms with van der Waals surface area (Å²) < 4.78 is 11.9. The van der Waals surface area contributed by atoms with Crippen LogP contribution in [0, 0.1) is 17.8 Å². The predicted octanol–water partition coefficient (Wildman–Crippen LogP) is 1.57. The van der Waals surface area contributed by atoms with E-state index in [2.05, 4.69) is 5.32 Å². The highest BCUT2D eigenvalue weighted by Crippen LogP contribution is 2.49. The van der Waals surface area contributed by atoms with Crippen LogP contribution in [0.25, 0.3) is 0 Å². The Balaban J connectivity index is 1.53. The molecule has 6 unspecified atom stereocenters. The first kappa shape index (κ1) is 10.8. The third-order valence-electron chi connectivity index (χ3n) is 5.59. The average Bonchev–Trinajstić information content (AvgIpc) is 2.85. The average molecular weight is 237 g/mol. The number of hydrogen-bond acceptors (Lipinski definition) is 3. The molecule has 96 valence electrons. The van der Waals surface area contributed by atoms with Gasteiger partial charge in [-0.3, -0.25) is 0 Å². The Bertz CT molecular complexity index is 296. The summed E-state index contributed by atoms with van der Waals surface area (Å²) in [7, 11) is 0. The maximum absolute atomic E-state index is 5.98. The van der Waals surface area contributed by atoms with E-state index in [1.165, 1.54) is 32.1 Å². The highest BCUT2D eigenvalue weighted by Gasteiger charge is 2.48. The van der Waals surface area contributed by atoms with Crippen molar-refractivity contribution < 1.29 is 9.47 Å². The summed E-state index contributed by atoms with van der Waals surface area (Å²) in [5.74, 6) is 2.67. The van der Waals surface area contributed by atoms with Crippen molar-refractivity contribution in [3.63, 3.8) is 0 Å². The van der Waals surface area contributed by atoms with Crippen molar-refractivity contribution in [3.05, 3.63) is 0 Å². The fourth-order valence-electron chi connectivity index (χ4n) is 4.82. The third-order valence-corrected chi connectivity index (χ3v) is 5.59. The van der Waals surface area contributed by atoms with Gasteiger partial charge in [-0.1, -0.05) is 0 Å². The van der Waals surface area contributed by atoms with Crippen molar-refractivity contribution in [2.45, 2.75) is 50.4 Å². The van der Waals surface area contributed by atoms with Crippen LogP contribution < -0.4 is 5.32 Å². The van der Waals surface area contributed by atoms with Crippen LogP contribution in [0.1, 0.15) is 32.1 Å². The topological polar surface area (TPSA) is 30.5 Å². The zero-order valence-corrected chi connectivity index (χ0v) is 10.4. The van der Waals surface area contributed by atoms with Crippen LogP contribution in [-0.2, 0) is 9.47 Å². The van der Waals surface area contributed by atoms with E-state index in [0.717, 1.165) is 37.5 Å². The molecule has 2 saturated carbocycles. The van der Waals surface area contributed by atoms with Crippen LogP contribution in [-0.4, -0.2) is 38.0 Å². The van der Waals surface area contributed by atoms with Gasteiger partial charge in [-0.15, -0.1) is 0 Å². The van der Waals surface area contributed by atoms with Crippen LogP contribution >= 0.6 is 0 Å². The Morgan fingerprint density at radius 3 is 2.76 bits per heavy atom. The van der Waals surface area contributed by atoms with Gasteiger partial charge in [-0.2, -0.15) is 0 Å². The molecule has 1 N–H and O–H groups in total. The molecule has 17 heavy (non-hydrogen) atoms. The van der Waals surface area contributed by atoms with E-state index in [0.29, 0.717) is 18.2 Å². The van der Waals surface area contributed by atoms with Crippen LogP contribution in [0.4, 0.5) is 0 Å². The summed E-state index contributed by atoms with van der Waals surface area (Å²) >= 11 is 0. The lowest BCUT2D eigenvalue weighted by atomic mass is 9.62. The number of nitrogens with one attached hydrogen (secondary N) is 1. The van der Waals surface area contributed by atoms with Crippen molar-refractivity contribution in [2.75, 3.05) is 19.8 Å². The minimum absolute atomic E-state index is 0.490. The van der Waals surface area contributed by atoms with Gasteiger partial charge >= 0.3 is 0 Å². The first-order valence-electron chi connectivity index (χ1n) is 7.38. The van der Waals surface area contributed by atoms with Gasteiger partial charge in [0.25, 0.3) is 0 Å². The maximum atomic E-state index is 5.98. The van der Waals surface area contributed by atoms with Gasteiger partial charge in [-0.25, -0.2) is 0 Å². The normalized spacial score (nSPS) is 53.6. The summed E-state index contributed by atoms with van der Waals surface area (Å²) in [4.78, 5) is 0. The summed E-state index contributed by atoms with van der Waals surface area (Å²) in [5.41, 5.74) is 0. The lowest BCUT2D eigenvalue weighted by molar-refractivity contribution is -0.0852. The second-order valence-electron chi connectivity index (χ2n) is 6.30. The van der Waals surface area contributed by atoms with Gasteiger partial charge in [0.15, 0.2) is 0 Å². The molecule has 0 amide bonds. The second-order valence-corrected chi connectivity index (χ2v) is 6.30. The summed E-state index contributed by atoms with van der Waals surface area (Å²) in [5, 5.41) is 3.66. The molecule has 4 aliphatic rings. The molecule has 6 atom stereocenters. The van der Waals surface area contributed by atoms with E-state index in [9.17, 15) is 0 Å². The van der Waals surface area contributed by atoms with E-state index in [-0.39, 0.29) is 0 Å². The van der Waals surface area contributed by atoms with Crippen LogP contribution in [0.15, 0.2) is 0 Å². The first-order valence-corrected chi connectivity index (χ1v) is 7.38. The lowest BCUT2D eigenvalue weighted by Gasteiger charge is -2.49. The lowest BCUT2D eigenvalue weighted by Crippen LogP contribution is -2.55. The summed E-state index contributed by atoms with van der Waals surface area (Å²) in [6, 6.07) is 0.642. The molecular formula is C14H23NO2. The zero-order valence-electron chi connectivity index (χ0n) is 10.4. The molecule has 3 nitrogen and oxygen atoms in total. The van der Waals surface area contributed by atoms with Gasteiger partial charge in [0.2, 0.25) is 0 Å². The Labute approximate surface area is 103 Å². The van der Waals surface area contributed by atoms with E-state index >= 15 is 0 Å². The molecule has 0 aromatic rings. The Morgan fingerprint density at radius 1 is 0.824 bits per heavy atom. The first-order chi connectivity index (χ1) is 8.42. The molecule has 0 aromatic heterocycles. The molecular weight excluding hydrogens is 214 g/mol. The number of morpholine rings is 1. The molecule has 0 spiro atoms. The number of fused-ring (bicyclic) bond motifs is 4. The largest absolute Gasteiger partial charge is 0.378 e. The van der Waals surface area contributed by atoms with Gasteiger partial charge in [-0.05, 0) is 49.9 Å². The number of hydrogen-bond donors (Lipinski definition) is 1. The molecule has 3 heteroatoms. The summed E-state index contributed by atoms with van der Waals surface area (Å²) in [6.07, 6.45) is 7.71. The molecule has 4 rings (SSSR count). The summed E-state index contributed by atoms with van der Waals surface area (Å²) in [6.45, 7) is 2.96. The highest BCUT2D eigenvalue weighted by molar-refractivity contribution is 4.99. The van der Waals surface area contributed by atoms with Gasteiger partial charge < -0.3 is 14.8 Å². The molecule has 0 bridgehead atoms. The van der Waals surface area contributed by atoms with Crippen molar-refractivity contribution in [3.8, 4) is 0 Å². The van der Waals surface area contributed by atoms with E-state index in [4.69, 9.17) is 9.47 Å². The van der Waals surface area contributed by atoms with Gasteiger partial charge in [0, 0.05) is 19.2 Å². The SMILES string of the molecule is C1COC2CC3C(CCC4OCCC43)CC2N1. The van der Waals surface area contributed by atoms with E-state index in [1.54, 1.807) is 0 Å². The Morgan fingerprint density at radius 2 is 1.76 bits per heavy atom. The minimum atomic E-state index is 0.490. The minimum Gasteiger partial charge on any atom is -0.378 e. The monoisotopic (exact) mass is 237 g/mol. The molecule has 2 heterocycles. The molecule has 2 aliphatic carbocycles. The van der Waals surface area contributed by atoms with Crippen LogP contribution in [0.2, 0.25) is 0 Å². The molecule has 0 aromatic carbocycles. The van der Waals surface area contributed by atoms with Crippen molar-refractivity contribution in [2.24, 2.45) is 17.8 Å². The predicted molar refractivity (Wildman–Crippen MR) is 64.8 cm³/mol. The van der Waals surface area contributed by atoms with E-state index in [1.807, 2.05) is 0 Å². The quantitative estimate of drug-likeness (QED) is 0.693. The number of ether oxygens (including phenoxy) is 2. The van der Waals surface area contributed by atoms with Crippen molar-refractivity contribution >= 4 is 0 Å². The maximum Gasteiger partial charge on any atom is 0.0731 e. The van der Waals surface area contributed by atoms with Crippen molar-refractivity contribution in [1.82, 2.24) is 5.32 Å². The molecule has 2 saturated heterocycles. The fraction of sp³-hybridized carbons (Fsp3) is 1.00. The third kappa shape index (κ3) is 1.74. The van der Waals surface area contributed by atoms with Crippen molar-refractivity contribution in [1.29, 1.82) is 0 Å². The highest BCUT2D eigenvalue weighted by atomic mass is 16.5. The Kier molecular flexibility index (Phi) is 2.67. The molecule has 2 aliphatic heterocycles. The fourth-order valence-corrected chi connectivity index (χ4v) is 4.82. The Hall–Kier alpha value is -0.120. The zero-order chi connectivity index (χ0) is 11.2. The smallest absolute Gasteiger partial charge is 0.0731 e. The number of rotatable bonds is 0. The van der Waals surface area contributed by atoms with E-state index < -0.39 is 0 Å². The van der Waals surface area contributed by atoms with Crippen LogP contribution in [0.3, 0.4) is 0 Å². The van der Waals surface area contributed by atoms with Gasteiger partial charge in [0.05, 0.1) is 18.8 Å².